The van der Waals surface area contributed by atoms with Crippen LogP contribution in [-0.4, -0.2) is 29.3 Å². The first-order valence-electron chi connectivity index (χ1n) is 5.85. The Hall–Kier alpha value is -1.41. The van der Waals surface area contributed by atoms with Crippen LogP contribution in [0.15, 0.2) is 10.9 Å². The summed E-state index contributed by atoms with van der Waals surface area (Å²) in [5, 5.41) is 3.05. The highest BCUT2D eigenvalue weighted by molar-refractivity contribution is 5.02. The predicted molar refractivity (Wildman–Crippen MR) is 62.6 cm³/mol. The smallest absolute Gasteiger partial charge is 0.364 e. The number of aromatic nitrogens is 2. The summed E-state index contributed by atoms with van der Waals surface area (Å²) >= 11 is 0. The number of nitrogens with zero attached hydrogens (tertiary/aromatic N) is 1. The number of alkyl halides is 3. The summed E-state index contributed by atoms with van der Waals surface area (Å²) in [6, 6.07) is 1.30. The van der Waals surface area contributed by atoms with Crippen LogP contribution in [0.1, 0.15) is 24.9 Å². The normalized spacial score (nSPS) is 11.8. The lowest BCUT2D eigenvalue weighted by Gasteiger charge is -2.08. The monoisotopic (exact) mass is 279 g/mol. The minimum Gasteiger partial charge on any atom is -0.364 e. The molecule has 2 N–H and O–H groups in total. The van der Waals surface area contributed by atoms with Crippen LogP contribution >= 0.6 is 0 Å². The topological polar surface area (TPSA) is 67.0 Å². The van der Waals surface area contributed by atoms with Gasteiger partial charge in [-0.25, -0.2) is 4.98 Å². The van der Waals surface area contributed by atoms with Crippen LogP contribution in [0.25, 0.3) is 0 Å². The zero-order valence-electron chi connectivity index (χ0n) is 10.5. The molecule has 19 heavy (non-hydrogen) atoms. The minimum atomic E-state index is -4.39. The molecule has 0 aliphatic heterocycles. The maximum Gasteiger partial charge on any atom is 0.411 e. The molecular formula is C11H16F3N3O2. The second kappa shape index (κ2) is 7.25. The molecule has 1 aromatic rings. The first-order valence-corrected chi connectivity index (χ1v) is 5.85. The van der Waals surface area contributed by atoms with Gasteiger partial charge in [0.25, 0.3) is 5.56 Å². The van der Waals surface area contributed by atoms with Crippen molar-refractivity contribution in [2.24, 2.45) is 0 Å². The zero-order chi connectivity index (χ0) is 14.3. The highest BCUT2D eigenvalue weighted by Gasteiger charge is 2.27. The predicted octanol–water partition coefficient (Wildman–Crippen LogP) is 1.35. The lowest BCUT2D eigenvalue weighted by Crippen LogP contribution is -2.21. The number of aromatic amines is 1. The molecule has 0 radical (unpaired) electrons. The van der Waals surface area contributed by atoms with E-state index in [1.54, 1.807) is 0 Å². The molecule has 0 amide bonds. The van der Waals surface area contributed by atoms with E-state index in [1.807, 2.05) is 6.92 Å². The Morgan fingerprint density at radius 1 is 1.47 bits per heavy atom. The summed E-state index contributed by atoms with van der Waals surface area (Å²) in [5.41, 5.74) is 0.0664. The van der Waals surface area contributed by atoms with Gasteiger partial charge in [-0.15, -0.1) is 0 Å². The Morgan fingerprint density at radius 2 is 2.21 bits per heavy atom. The fraction of sp³-hybridized carbons (Fsp3) is 0.636. The minimum absolute atomic E-state index is 0.0880. The molecule has 0 aromatic carbocycles. The molecule has 0 atom stereocenters. The molecule has 0 saturated heterocycles. The van der Waals surface area contributed by atoms with Gasteiger partial charge >= 0.3 is 6.18 Å². The van der Waals surface area contributed by atoms with Gasteiger partial charge in [-0.05, 0) is 13.0 Å². The fourth-order valence-corrected chi connectivity index (χ4v) is 1.38. The lowest BCUT2D eigenvalue weighted by molar-refractivity contribution is -0.177. The second-order valence-corrected chi connectivity index (χ2v) is 3.97. The standard InChI is InChI=1S/C11H16F3N3O2/c1-2-3-15-5-8-4-10(18)17-9(16-8)6-19-7-11(12,13)14/h4,15H,2-3,5-7H2,1H3,(H,16,17,18). The molecule has 8 heteroatoms. The molecule has 0 bridgehead atoms. The molecule has 1 heterocycles. The second-order valence-electron chi connectivity index (χ2n) is 3.97. The molecule has 0 unspecified atom stereocenters. The highest BCUT2D eigenvalue weighted by atomic mass is 19.4. The molecule has 5 nitrogen and oxygen atoms in total. The van der Waals surface area contributed by atoms with Gasteiger partial charge in [0.15, 0.2) is 0 Å². The first kappa shape index (κ1) is 15.6. The van der Waals surface area contributed by atoms with E-state index in [9.17, 15) is 18.0 Å². The third-order valence-electron chi connectivity index (χ3n) is 2.08. The SMILES string of the molecule is CCCNCc1cc(=O)[nH]c(COCC(F)(F)F)n1. The summed E-state index contributed by atoms with van der Waals surface area (Å²) < 4.78 is 40.1. The van der Waals surface area contributed by atoms with E-state index in [2.05, 4.69) is 20.0 Å². The number of hydrogen-bond donors (Lipinski definition) is 2. The molecule has 1 rings (SSSR count). The number of nitrogens with one attached hydrogen (secondary N) is 2. The van der Waals surface area contributed by atoms with E-state index in [0.717, 1.165) is 13.0 Å². The summed E-state index contributed by atoms with van der Waals surface area (Å²) in [6.07, 6.45) is -3.45. The van der Waals surface area contributed by atoms with E-state index in [4.69, 9.17) is 0 Å². The van der Waals surface area contributed by atoms with Gasteiger partial charge in [-0.1, -0.05) is 6.92 Å². The van der Waals surface area contributed by atoms with Crippen LogP contribution in [0.3, 0.4) is 0 Å². The number of halogens is 3. The molecule has 108 valence electrons. The van der Waals surface area contributed by atoms with Crippen molar-refractivity contribution >= 4 is 0 Å². The van der Waals surface area contributed by atoms with Gasteiger partial charge in [-0.2, -0.15) is 13.2 Å². The van der Waals surface area contributed by atoms with Crippen molar-refractivity contribution in [3.63, 3.8) is 0 Å². The summed E-state index contributed by atoms with van der Waals surface area (Å²) in [4.78, 5) is 17.7. The Bertz CT molecular complexity index is 446. The largest absolute Gasteiger partial charge is 0.411 e. The summed E-state index contributed by atoms with van der Waals surface area (Å²) in [7, 11) is 0. The van der Waals surface area contributed by atoms with Crippen molar-refractivity contribution in [1.29, 1.82) is 0 Å². The zero-order valence-corrected chi connectivity index (χ0v) is 10.5. The maximum atomic E-state index is 11.9. The van der Waals surface area contributed by atoms with Crippen molar-refractivity contribution in [3.8, 4) is 0 Å². The third-order valence-corrected chi connectivity index (χ3v) is 2.08. The van der Waals surface area contributed by atoms with Crippen molar-refractivity contribution in [3.05, 3.63) is 27.9 Å². The van der Waals surface area contributed by atoms with E-state index < -0.39 is 18.3 Å². The van der Waals surface area contributed by atoms with Gasteiger partial charge in [0.2, 0.25) is 0 Å². The van der Waals surface area contributed by atoms with E-state index in [-0.39, 0.29) is 12.4 Å². The Balaban J connectivity index is 2.56. The Morgan fingerprint density at radius 3 is 2.84 bits per heavy atom. The lowest BCUT2D eigenvalue weighted by atomic mass is 10.3. The van der Waals surface area contributed by atoms with Crippen LogP contribution < -0.4 is 10.9 Å². The molecule has 0 saturated carbocycles. The summed E-state index contributed by atoms with van der Waals surface area (Å²) in [6.45, 7) is 1.42. The van der Waals surface area contributed by atoms with Crippen LogP contribution in [0.4, 0.5) is 13.2 Å². The van der Waals surface area contributed by atoms with Gasteiger partial charge in [0.05, 0.1) is 5.69 Å². The number of ether oxygens (including phenoxy) is 1. The highest BCUT2D eigenvalue weighted by Crippen LogP contribution is 2.14. The average Bonchev–Trinajstić information content (AvgIpc) is 2.27. The van der Waals surface area contributed by atoms with Crippen molar-refractivity contribution < 1.29 is 17.9 Å². The van der Waals surface area contributed by atoms with E-state index in [1.165, 1.54) is 6.07 Å². The number of H-pyrrole nitrogens is 1. The fourth-order valence-electron chi connectivity index (χ4n) is 1.38. The van der Waals surface area contributed by atoms with Crippen molar-refractivity contribution in [1.82, 2.24) is 15.3 Å². The third kappa shape index (κ3) is 6.92. The Kier molecular flexibility index (Phi) is 5.97. The molecule has 1 aromatic heterocycles. The van der Waals surface area contributed by atoms with Crippen LogP contribution in [-0.2, 0) is 17.9 Å². The van der Waals surface area contributed by atoms with E-state index in [0.29, 0.717) is 12.2 Å². The number of rotatable bonds is 7. The van der Waals surface area contributed by atoms with Crippen LogP contribution in [0, 0.1) is 0 Å². The molecular weight excluding hydrogens is 263 g/mol. The average molecular weight is 279 g/mol. The van der Waals surface area contributed by atoms with E-state index >= 15 is 0 Å². The quantitative estimate of drug-likeness (QED) is 0.739. The van der Waals surface area contributed by atoms with Crippen molar-refractivity contribution in [2.45, 2.75) is 32.7 Å². The molecule has 0 fully saturated rings. The number of hydrogen-bond acceptors (Lipinski definition) is 4. The summed E-state index contributed by atoms with van der Waals surface area (Å²) in [5.74, 6) is 0.0880. The first-order chi connectivity index (χ1) is 8.90. The molecule has 0 aliphatic rings. The maximum absolute atomic E-state index is 11.9. The van der Waals surface area contributed by atoms with Gasteiger partial charge in [0, 0.05) is 12.6 Å². The van der Waals surface area contributed by atoms with Crippen LogP contribution in [0.5, 0.6) is 0 Å². The van der Waals surface area contributed by atoms with Gasteiger partial charge in [0.1, 0.15) is 19.0 Å². The van der Waals surface area contributed by atoms with Gasteiger partial charge < -0.3 is 15.0 Å². The van der Waals surface area contributed by atoms with Gasteiger partial charge in [-0.3, -0.25) is 4.79 Å². The van der Waals surface area contributed by atoms with Crippen molar-refractivity contribution in [2.75, 3.05) is 13.2 Å². The van der Waals surface area contributed by atoms with Crippen LogP contribution in [0.2, 0.25) is 0 Å². The molecule has 0 spiro atoms. The molecule has 0 aliphatic carbocycles. The Labute approximate surface area is 108 Å².